The Balaban J connectivity index is 2.31. The third-order valence-electron chi connectivity index (χ3n) is 2.85. The predicted octanol–water partition coefficient (Wildman–Crippen LogP) is 2.94. The summed E-state index contributed by atoms with van der Waals surface area (Å²) in [7, 11) is 0. The van der Waals surface area contributed by atoms with E-state index in [-0.39, 0.29) is 5.91 Å². The van der Waals surface area contributed by atoms with Gasteiger partial charge in [-0.15, -0.1) is 0 Å². The molecule has 2 heterocycles. The number of amides is 1. The second kappa shape index (κ2) is 6.14. The van der Waals surface area contributed by atoms with E-state index in [0.29, 0.717) is 5.82 Å². The number of H-pyrrole nitrogens is 1. The highest BCUT2D eigenvalue weighted by Gasteiger charge is 2.14. The molecule has 0 unspecified atom stereocenters. The Bertz CT molecular complexity index is 625. The van der Waals surface area contributed by atoms with Crippen LogP contribution in [0.4, 0.5) is 5.82 Å². The molecule has 2 aromatic rings. The lowest BCUT2D eigenvalue weighted by Crippen LogP contribution is -2.10. The number of carbonyl (C=O) groups is 1. The number of aromatic nitrogens is 3. The summed E-state index contributed by atoms with van der Waals surface area (Å²) >= 11 is 0. The Morgan fingerprint density at radius 1 is 1.35 bits per heavy atom. The Labute approximate surface area is 118 Å². The fourth-order valence-electron chi connectivity index (χ4n) is 1.99. The molecule has 0 fully saturated rings. The van der Waals surface area contributed by atoms with Gasteiger partial charge in [-0.2, -0.15) is 5.10 Å². The largest absolute Gasteiger partial charge is 0.305 e. The monoisotopic (exact) mass is 270 g/mol. The first-order chi connectivity index (χ1) is 9.61. The van der Waals surface area contributed by atoms with Crippen LogP contribution < -0.4 is 5.32 Å². The van der Waals surface area contributed by atoms with Gasteiger partial charge in [0.25, 0.3) is 0 Å². The Morgan fingerprint density at radius 3 is 2.65 bits per heavy atom. The first-order valence-corrected chi connectivity index (χ1v) is 6.55. The van der Waals surface area contributed by atoms with E-state index in [1.807, 2.05) is 32.9 Å². The minimum atomic E-state index is -0.160. The lowest BCUT2D eigenvalue weighted by molar-refractivity contribution is -0.112. The van der Waals surface area contributed by atoms with E-state index in [0.717, 1.165) is 28.8 Å². The Kier molecular flexibility index (Phi) is 4.30. The highest BCUT2D eigenvalue weighted by Crippen LogP contribution is 2.26. The van der Waals surface area contributed by atoms with E-state index in [1.54, 1.807) is 18.5 Å². The first-order valence-electron chi connectivity index (χ1n) is 6.55. The van der Waals surface area contributed by atoms with Crippen LogP contribution in [0.3, 0.4) is 0 Å². The molecular formula is C15H18N4O. The second-order valence-corrected chi connectivity index (χ2v) is 4.73. The molecule has 0 aliphatic heterocycles. The SMILES string of the molecule is CCc1c(NC(=O)C=C(C)C)n[nH]c1-c1ccncc1. The zero-order chi connectivity index (χ0) is 14.5. The average Bonchev–Trinajstić information content (AvgIpc) is 2.81. The first kappa shape index (κ1) is 14.0. The molecule has 5 heteroatoms. The van der Waals surface area contributed by atoms with Gasteiger partial charge in [-0.1, -0.05) is 12.5 Å². The molecular weight excluding hydrogens is 252 g/mol. The van der Waals surface area contributed by atoms with Crippen LogP contribution in [0.1, 0.15) is 26.3 Å². The van der Waals surface area contributed by atoms with Crippen LogP contribution in [-0.4, -0.2) is 21.1 Å². The van der Waals surface area contributed by atoms with Crippen molar-refractivity contribution in [2.45, 2.75) is 27.2 Å². The predicted molar refractivity (Wildman–Crippen MR) is 79.3 cm³/mol. The lowest BCUT2D eigenvalue weighted by atomic mass is 10.1. The maximum atomic E-state index is 11.8. The van der Waals surface area contributed by atoms with Gasteiger partial charge in [0.2, 0.25) is 5.91 Å². The van der Waals surface area contributed by atoms with Crippen molar-refractivity contribution in [1.29, 1.82) is 0 Å². The molecule has 0 aliphatic rings. The van der Waals surface area contributed by atoms with E-state index >= 15 is 0 Å². The summed E-state index contributed by atoms with van der Waals surface area (Å²) in [6, 6.07) is 3.82. The third kappa shape index (κ3) is 3.12. The maximum Gasteiger partial charge on any atom is 0.249 e. The minimum absolute atomic E-state index is 0.160. The van der Waals surface area contributed by atoms with Gasteiger partial charge < -0.3 is 5.32 Å². The summed E-state index contributed by atoms with van der Waals surface area (Å²) in [6.45, 7) is 5.80. The number of nitrogens with zero attached hydrogens (tertiary/aromatic N) is 2. The van der Waals surface area contributed by atoms with Gasteiger partial charge in [0.05, 0.1) is 5.69 Å². The van der Waals surface area contributed by atoms with Crippen LogP contribution in [-0.2, 0) is 11.2 Å². The van der Waals surface area contributed by atoms with E-state index < -0.39 is 0 Å². The van der Waals surface area contributed by atoms with Crippen LogP contribution in [0.15, 0.2) is 36.2 Å². The van der Waals surface area contributed by atoms with Crippen molar-refractivity contribution in [3.63, 3.8) is 0 Å². The summed E-state index contributed by atoms with van der Waals surface area (Å²) < 4.78 is 0. The molecule has 0 bridgehead atoms. The van der Waals surface area contributed by atoms with E-state index in [2.05, 4.69) is 20.5 Å². The third-order valence-corrected chi connectivity index (χ3v) is 2.85. The van der Waals surface area contributed by atoms with Crippen LogP contribution in [0, 0.1) is 0 Å². The molecule has 1 amide bonds. The molecule has 0 aromatic carbocycles. The van der Waals surface area contributed by atoms with Gasteiger partial charge in [-0.05, 0) is 32.4 Å². The Hall–Kier alpha value is -2.43. The van der Waals surface area contributed by atoms with E-state index in [4.69, 9.17) is 0 Å². The second-order valence-electron chi connectivity index (χ2n) is 4.73. The van der Waals surface area contributed by atoms with Crippen LogP contribution >= 0.6 is 0 Å². The molecule has 2 rings (SSSR count). The molecule has 5 nitrogen and oxygen atoms in total. The average molecular weight is 270 g/mol. The number of anilines is 1. The molecule has 0 saturated carbocycles. The summed E-state index contributed by atoms with van der Waals surface area (Å²) in [4.78, 5) is 15.8. The van der Waals surface area contributed by atoms with Crippen molar-refractivity contribution in [1.82, 2.24) is 15.2 Å². The van der Waals surface area contributed by atoms with Crippen LogP contribution in [0.25, 0.3) is 11.3 Å². The van der Waals surface area contributed by atoms with Gasteiger partial charge in [0, 0.05) is 29.6 Å². The van der Waals surface area contributed by atoms with Crippen molar-refractivity contribution in [2.24, 2.45) is 0 Å². The number of hydrogen-bond donors (Lipinski definition) is 2. The summed E-state index contributed by atoms with van der Waals surface area (Å²) in [5.74, 6) is 0.425. The molecule has 2 aromatic heterocycles. The van der Waals surface area contributed by atoms with Gasteiger partial charge in [0.1, 0.15) is 0 Å². The number of nitrogens with one attached hydrogen (secondary N) is 2. The van der Waals surface area contributed by atoms with Crippen molar-refractivity contribution < 1.29 is 4.79 Å². The fourth-order valence-corrected chi connectivity index (χ4v) is 1.99. The van der Waals surface area contributed by atoms with Crippen molar-refractivity contribution >= 4 is 11.7 Å². The number of hydrogen-bond acceptors (Lipinski definition) is 3. The molecule has 0 atom stereocenters. The minimum Gasteiger partial charge on any atom is -0.305 e. The van der Waals surface area contributed by atoms with E-state index in [9.17, 15) is 4.79 Å². The smallest absolute Gasteiger partial charge is 0.249 e. The topological polar surface area (TPSA) is 70.7 Å². The Morgan fingerprint density at radius 2 is 2.05 bits per heavy atom. The zero-order valence-corrected chi connectivity index (χ0v) is 11.9. The van der Waals surface area contributed by atoms with E-state index in [1.165, 1.54) is 0 Å². The van der Waals surface area contributed by atoms with Gasteiger partial charge in [-0.3, -0.25) is 14.9 Å². The van der Waals surface area contributed by atoms with Crippen molar-refractivity contribution in [2.75, 3.05) is 5.32 Å². The fraction of sp³-hybridized carbons (Fsp3) is 0.267. The molecule has 2 N–H and O–H groups in total. The summed E-state index contributed by atoms with van der Waals surface area (Å²) in [5.41, 5.74) is 3.87. The van der Waals surface area contributed by atoms with Crippen molar-refractivity contribution in [3.05, 3.63) is 41.7 Å². The molecule has 104 valence electrons. The lowest BCUT2D eigenvalue weighted by Gasteiger charge is -2.04. The normalized spacial score (nSPS) is 10.2. The molecule has 20 heavy (non-hydrogen) atoms. The number of rotatable bonds is 4. The number of pyridine rings is 1. The number of allylic oxidation sites excluding steroid dienone is 1. The number of aromatic amines is 1. The molecule has 0 spiro atoms. The molecule has 0 radical (unpaired) electrons. The van der Waals surface area contributed by atoms with Gasteiger partial charge >= 0.3 is 0 Å². The van der Waals surface area contributed by atoms with Crippen LogP contribution in [0.5, 0.6) is 0 Å². The quantitative estimate of drug-likeness (QED) is 0.839. The van der Waals surface area contributed by atoms with Crippen molar-refractivity contribution in [3.8, 4) is 11.3 Å². The summed E-state index contributed by atoms with van der Waals surface area (Å²) in [5, 5.41) is 10.0. The molecule has 0 aliphatic carbocycles. The van der Waals surface area contributed by atoms with Gasteiger partial charge in [-0.25, -0.2) is 0 Å². The van der Waals surface area contributed by atoms with Crippen LogP contribution in [0.2, 0.25) is 0 Å². The van der Waals surface area contributed by atoms with Gasteiger partial charge in [0.15, 0.2) is 5.82 Å². The number of carbonyl (C=O) groups excluding carboxylic acids is 1. The highest BCUT2D eigenvalue weighted by molar-refractivity contribution is 6.00. The zero-order valence-electron chi connectivity index (χ0n) is 11.9. The standard InChI is InChI=1S/C15H18N4O/c1-4-12-14(11-5-7-16-8-6-11)18-19-15(12)17-13(20)9-10(2)3/h5-9H,4H2,1-3H3,(H2,17,18,19,20). The summed E-state index contributed by atoms with van der Waals surface area (Å²) in [6.07, 6.45) is 5.80. The maximum absolute atomic E-state index is 11.8. The highest BCUT2D eigenvalue weighted by atomic mass is 16.1. The molecule has 0 saturated heterocycles.